The number of hydrogen-bond donors (Lipinski definition) is 1. The summed E-state index contributed by atoms with van der Waals surface area (Å²) < 4.78 is 0. The zero-order valence-corrected chi connectivity index (χ0v) is 14.0. The van der Waals surface area contributed by atoms with Gasteiger partial charge in [-0.05, 0) is 18.9 Å². The van der Waals surface area contributed by atoms with E-state index in [1.807, 2.05) is 0 Å². The summed E-state index contributed by atoms with van der Waals surface area (Å²) in [6, 6.07) is 8.72. The van der Waals surface area contributed by atoms with Crippen molar-refractivity contribution < 1.29 is 4.79 Å². The minimum Gasteiger partial charge on any atom is -0.355 e. The van der Waals surface area contributed by atoms with Crippen molar-refractivity contribution in [2.24, 2.45) is 0 Å². The SMILES string of the molecule is CCCCNC(=O)CN1CCN(Cc2cccc(C)c2)CC1. The van der Waals surface area contributed by atoms with E-state index in [9.17, 15) is 4.79 Å². The third kappa shape index (κ3) is 5.78. The van der Waals surface area contributed by atoms with Gasteiger partial charge >= 0.3 is 0 Å². The number of unbranched alkanes of at least 4 members (excludes halogenated alkanes) is 1. The predicted molar refractivity (Wildman–Crippen MR) is 90.8 cm³/mol. The fourth-order valence-corrected chi connectivity index (χ4v) is 2.84. The summed E-state index contributed by atoms with van der Waals surface area (Å²) in [4.78, 5) is 16.6. The number of aryl methyl sites for hydroxylation is 1. The minimum atomic E-state index is 0.167. The van der Waals surface area contributed by atoms with E-state index in [1.54, 1.807) is 0 Å². The molecule has 0 aliphatic carbocycles. The van der Waals surface area contributed by atoms with Crippen LogP contribution in [0.2, 0.25) is 0 Å². The van der Waals surface area contributed by atoms with Crippen LogP contribution in [0.15, 0.2) is 24.3 Å². The molecule has 1 aliphatic heterocycles. The number of nitrogens with zero attached hydrogens (tertiary/aromatic N) is 2. The maximum atomic E-state index is 11.8. The van der Waals surface area contributed by atoms with Gasteiger partial charge in [-0.15, -0.1) is 0 Å². The highest BCUT2D eigenvalue weighted by Gasteiger charge is 2.18. The Bertz CT molecular complexity index is 467. The standard InChI is InChI=1S/C18H29N3O/c1-3-4-8-19-18(22)15-21-11-9-20(10-12-21)14-17-7-5-6-16(2)13-17/h5-7,13H,3-4,8-12,14-15H2,1-2H3,(H,19,22). The second-order valence-electron chi connectivity index (χ2n) is 6.24. The fraction of sp³-hybridized carbons (Fsp3) is 0.611. The fourth-order valence-electron chi connectivity index (χ4n) is 2.84. The summed E-state index contributed by atoms with van der Waals surface area (Å²) in [6.07, 6.45) is 2.19. The monoisotopic (exact) mass is 303 g/mol. The molecule has 1 heterocycles. The van der Waals surface area contributed by atoms with Crippen LogP contribution in [0.1, 0.15) is 30.9 Å². The van der Waals surface area contributed by atoms with Crippen molar-refractivity contribution in [1.82, 2.24) is 15.1 Å². The van der Waals surface area contributed by atoms with Crippen LogP contribution >= 0.6 is 0 Å². The molecule has 1 saturated heterocycles. The van der Waals surface area contributed by atoms with Crippen molar-refractivity contribution in [2.45, 2.75) is 33.2 Å². The van der Waals surface area contributed by atoms with Crippen molar-refractivity contribution >= 4 is 5.91 Å². The lowest BCUT2D eigenvalue weighted by atomic mass is 10.1. The van der Waals surface area contributed by atoms with Crippen LogP contribution in [0.5, 0.6) is 0 Å². The van der Waals surface area contributed by atoms with E-state index in [-0.39, 0.29) is 5.91 Å². The average Bonchev–Trinajstić information content (AvgIpc) is 2.50. The first-order valence-electron chi connectivity index (χ1n) is 8.44. The first-order valence-corrected chi connectivity index (χ1v) is 8.44. The van der Waals surface area contributed by atoms with E-state index >= 15 is 0 Å². The number of benzene rings is 1. The Labute approximate surface area is 134 Å². The third-order valence-corrected chi connectivity index (χ3v) is 4.17. The molecule has 0 spiro atoms. The van der Waals surface area contributed by atoms with Gasteiger partial charge in [0.1, 0.15) is 0 Å². The van der Waals surface area contributed by atoms with E-state index < -0.39 is 0 Å². The van der Waals surface area contributed by atoms with Crippen molar-refractivity contribution in [2.75, 3.05) is 39.3 Å². The molecule has 0 radical (unpaired) electrons. The predicted octanol–water partition coefficient (Wildman–Crippen LogP) is 2.03. The van der Waals surface area contributed by atoms with Gasteiger partial charge in [0.25, 0.3) is 0 Å². The maximum absolute atomic E-state index is 11.8. The van der Waals surface area contributed by atoms with Crippen LogP contribution in [-0.2, 0) is 11.3 Å². The number of nitrogens with one attached hydrogen (secondary N) is 1. The maximum Gasteiger partial charge on any atom is 0.234 e. The lowest BCUT2D eigenvalue weighted by molar-refractivity contribution is -0.122. The van der Waals surface area contributed by atoms with Crippen molar-refractivity contribution in [3.05, 3.63) is 35.4 Å². The molecular weight excluding hydrogens is 274 g/mol. The average molecular weight is 303 g/mol. The van der Waals surface area contributed by atoms with Gasteiger partial charge in [0.15, 0.2) is 0 Å². The number of hydrogen-bond acceptors (Lipinski definition) is 3. The molecule has 1 amide bonds. The van der Waals surface area contributed by atoms with Gasteiger partial charge in [-0.3, -0.25) is 14.6 Å². The Morgan fingerprint density at radius 2 is 1.91 bits per heavy atom. The Hall–Kier alpha value is -1.39. The quantitative estimate of drug-likeness (QED) is 0.783. The number of piperazine rings is 1. The Kier molecular flexibility index (Phi) is 6.87. The largest absolute Gasteiger partial charge is 0.355 e. The Balaban J connectivity index is 1.68. The molecule has 22 heavy (non-hydrogen) atoms. The van der Waals surface area contributed by atoms with Gasteiger partial charge in [0.2, 0.25) is 5.91 Å². The number of carbonyl (C=O) groups is 1. The first-order chi connectivity index (χ1) is 10.7. The minimum absolute atomic E-state index is 0.167. The molecule has 0 saturated carbocycles. The van der Waals surface area contributed by atoms with Gasteiger partial charge in [-0.25, -0.2) is 0 Å². The highest BCUT2D eigenvalue weighted by molar-refractivity contribution is 5.77. The third-order valence-electron chi connectivity index (χ3n) is 4.17. The zero-order chi connectivity index (χ0) is 15.8. The van der Waals surface area contributed by atoms with E-state index in [2.05, 4.69) is 53.2 Å². The normalized spacial score (nSPS) is 16.6. The van der Waals surface area contributed by atoms with Gasteiger partial charge < -0.3 is 5.32 Å². The number of amides is 1. The molecule has 4 nitrogen and oxygen atoms in total. The van der Waals surface area contributed by atoms with E-state index in [4.69, 9.17) is 0 Å². The van der Waals surface area contributed by atoms with Crippen LogP contribution in [0.3, 0.4) is 0 Å². The summed E-state index contributed by atoms with van der Waals surface area (Å²) in [5.41, 5.74) is 2.70. The second-order valence-corrected chi connectivity index (χ2v) is 6.24. The van der Waals surface area contributed by atoms with Gasteiger partial charge in [-0.2, -0.15) is 0 Å². The number of rotatable bonds is 7. The molecule has 0 unspecified atom stereocenters. The highest BCUT2D eigenvalue weighted by Crippen LogP contribution is 2.10. The van der Waals surface area contributed by atoms with Gasteiger partial charge in [0.05, 0.1) is 6.54 Å². The smallest absolute Gasteiger partial charge is 0.234 e. The highest BCUT2D eigenvalue weighted by atomic mass is 16.2. The van der Waals surface area contributed by atoms with Gasteiger partial charge in [-0.1, -0.05) is 43.2 Å². The topological polar surface area (TPSA) is 35.6 Å². The van der Waals surface area contributed by atoms with Crippen LogP contribution < -0.4 is 5.32 Å². The molecule has 1 N–H and O–H groups in total. The van der Waals surface area contributed by atoms with Crippen molar-refractivity contribution in [3.63, 3.8) is 0 Å². The molecular formula is C18H29N3O. The molecule has 122 valence electrons. The summed E-state index contributed by atoms with van der Waals surface area (Å²) >= 11 is 0. The van der Waals surface area contributed by atoms with Crippen molar-refractivity contribution in [3.8, 4) is 0 Å². The van der Waals surface area contributed by atoms with E-state index in [1.165, 1.54) is 11.1 Å². The van der Waals surface area contributed by atoms with Crippen molar-refractivity contribution in [1.29, 1.82) is 0 Å². The van der Waals surface area contributed by atoms with E-state index in [0.717, 1.165) is 52.1 Å². The molecule has 4 heteroatoms. The van der Waals surface area contributed by atoms with Gasteiger partial charge in [0, 0.05) is 39.3 Å². The lowest BCUT2D eigenvalue weighted by Gasteiger charge is -2.34. The number of carbonyl (C=O) groups excluding carboxylic acids is 1. The molecule has 1 fully saturated rings. The Morgan fingerprint density at radius 3 is 2.59 bits per heavy atom. The lowest BCUT2D eigenvalue weighted by Crippen LogP contribution is -2.49. The molecule has 0 aromatic heterocycles. The van der Waals surface area contributed by atoms with Crippen LogP contribution in [-0.4, -0.2) is 55.0 Å². The molecule has 2 rings (SSSR count). The summed E-state index contributed by atoms with van der Waals surface area (Å²) in [7, 11) is 0. The molecule has 1 aliphatic rings. The molecule has 0 atom stereocenters. The summed E-state index contributed by atoms with van der Waals surface area (Å²) in [5, 5.41) is 2.99. The molecule has 0 bridgehead atoms. The van der Waals surface area contributed by atoms with Crippen LogP contribution in [0.25, 0.3) is 0 Å². The van der Waals surface area contributed by atoms with E-state index in [0.29, 0.717) is 6.54 Å². The molecule has 1 aromatic rings. The summed E-state index contributed by atoms with van der Waals surface area (Å²) in [5.74, 6) is 0.167. The second kappa shape index (κ2) is 8.91. The zero-order valence-electron chi connectivity index (χ0n) is 14.0. The summed E-state index contributed by atoms with van der Waals surface area (Å²) in [6.45, 7) is 10.7. The first kappa shape index (κ1) is 17.0. The van der Waals surface area contributed by atoms with Crippen LogP contribution in [0, 0.1) is 6.92 Å². The van der Waals surface area contributed by atoms with Crippen LogP contribution in [0.4, 0.5) is 0 Å². The Morgan fingerprint density at radius 1 is 1.18 bits per heavy atom. The molecule has 1 aromatic carbocycles.